The van der Waals surface area contributed by atoms with Crippen LogP contribution in [0.3, 0.4) is 0 Å². The Hall–Kier alpha value is -1.11. The molecule has 70 valence electrons. The van der Waals surface area contributed by atoms with Crippen molar-refractivity contribution < 1.29 is 4.79 Å². The first-order chi connectivity index (χ1) is 6.15. The fourth-order valence-corrected chi connectivity index (χ4v) is 1.28. The van der Waals surface area contributed by atoms with Crippen molar-refractivity contribution in [1.82, 2.24) is 0 Å². The average Bonchev–Trinajstić information content (AvgIpc) is 2.17. The summed E-state index contributed by atoms with van der Waals surface area (Å²) < 4.78 is 0. The molecule has 0 bridgehead atoms. The van der Waals surface area contributed by atoms with Crippen molar-refractivity contribution >= 4 is 5.78 Å². The van der Waals surface area contributed by atoms with E-state index in [2.05, 4.69) is 13.8 Å². The number of hydrogen-bond acceptors (Lipinski definition) is 1. The van der Waals surface area contributed by atoms with Crippen molar-refractivity contribution in [3.8, 4) is 0 Å². The topological polar surface area (TPSA) is 17.1 Å². The smallest absolute Gasteiger partial charge is 0.159 e. The van der Waals surface area contributed by atoms with E-state index in [-0.39, 0.29) is 5.78 Å². The van der Waals surface area contributed by atoms with E-state index in [0.29, 0.717) is 5.92 Å². The summed E-state index contributed by atoms with van der Waals surface area (Å²) in [6, 6.07) is 7.91. The molecule has 1 aromatic rings. The summed E-state index contributed by atoms with van der Waals surface area (Å²) in [6.07, 6.45) is 1.14. The minimum atomic E-state index is 0.135. The Kier molecular flexibility index (Phi) is 3.24. The molecule has 0 heterocycles. The van der Waals surface area contributed by atoms with Crippen LogP contribution >= 0.6 is 0 Å². The van der Waals surface area contributed by atoms with E-state index in [1.54, 1.807) is 6.92 Å². The summed E-state index contributed by atoms with van der Waals surface area (Å²) in [5, 5.41) is 0. The fraction of sp³-hybridized carbons (Fsp3) is 0.417. The lowest BCUT2D eigenvalue weighted by molar-refractivity contribution is 0.101. The minimum absolute atomic E-state index is 0.135. The molecule has 1 atom stereocenters. The number of carbonyl (C=O) groups excluding carboxylic acids is 1. The molecule has 0 spiro atoms. The first kappa shape index (κ1) is 9.97. The SMILES string of the molecule is CCC(C)c1ccc(C(C)=O)cc1. The molecule has 0 saturated heterocycles. The molecule has 0 radical (unpaired) electrons. The Morgan fingerprint density at radius 3 is 2.23 bits per heavy atom. The molecular formula is C12H16O. The molecule has 1 nitrogen and oxygen atoms in total. The molecule has 1 rings (SSSR count). The van der Waals surface area contributed by atoms with Gasteiger partial charge >= 0.3 is 0 Å². The summed E-state index contributed by atoms with van der Waals surface area (Å²) in [5.74, 6) is 0.719. The van der Waals surface area contributed by atoms with Crippen LogP contribution in [-0.2, 0) is 0 Å². The highest BCUT2D eigenvalue weighted by molar-refractivity contribution is 5.94. The molecule has 0 aromatic heterocycles. The van der Waals surface area contributed by atoms with Gasteiger partial charge in [-0.05, 0) is 24.8 Å². The molecule has 1 aromatic carbocycles. The van der Waals surface area contributed by atoms with Crippen LogP contribution in [0.4, 0.5) is 0 Å². The molecular weight excluding hydrogens is 160 g/mol. The maximum atomic E-state index is 11.0. The number of hydrogen-bond donors (Lipinski definition) is 0. The van der Waals surface area contributed by atoms with Crippen LogP contribution in [0.2, 0.25) is 0 Å². The van der Waals surface area contributed by atoms with Gasteiger partial charge < -0.3 is 0 Å². The molecule has 0 aliphatic heterocycles. The van der Waals surface area contributed by atoms with Crippen LogP contribution in [0.5, 0.6) is 0 Å². The highest BCUT2D eigenvalue weighted by Crippen LogP contribution is 2.18. The lowest BCUT2D eigenvalue weighted by Crippen LogP contribution is -1.94. The Morgan fingerprint density at radius 1 is 1.31 bits per heavy atom. The largest absolute Gasteiger partial charge is 0.295 e. The van der Waals surface area contributed by atoms with Crippen molar-refractivity contribution in [3.63, 3.8) is 0 Å². The van der Waals surface area contributed by atoms with E-state index >= 15 is 0 Å². The maximum absolute atomic E-state index is 11.0. The van der Waals surface area contributed by atoms with Crippen molar-refractivity contribution in [2.45, 2.75) is 33.1 Å². The maximum Gasteiger partial charge on any atom is 0.159 e. The quantitative estimate of drug-likeness (QED) is 0.645. The van der Waals surface area contributed by atoms with Gasteiger partial charge in [0.25, 0.3) is 0 Å². The zero-order valence-electron chi connectivity index (χ0n) is 8.50. The van der Waals surface area contributed by atoms with E-state index in [1.165, 1.54) is 5.56 Å². The normalized spacial score (nSPS) is 12.5. The van der Waals surface area contributed by atoms with Gasteiger partial charge in [-0.15, -0.1) is 0 Å². The van der Waals surface area contributed by atoms with Crippen LogP contribution in [0.25, 0.3) is 0 Å². The third kappa shape index (κ3) is 2.41. The molecule has 0 aliphatic rings. The zero-order valence-corrected chi connectivity index (χ0v) is 8.50. The zero-order chi connectivity index (χ0) is 9.84. The summed E-state index contributed by atoms with van der Waals surface area (Å²) in [7, 11) is 0. The van der Waals surface area contributed by atoms with Crippen molar-refractivity contribution in [1.29, 1.82) is 0 Å². The molecule has 0 amide bonds. The standard InChI is InChI=1S/C12H16O/c1-4-9(2)11-5-7-12(8-6-11)10(3)13/h5-9H,4H2,1-3H3. The fourth-order valence-electron chi connectivity index (χ4n) is 1.28. The predicted octanol–water partition coefficient (Wildman–Crippen LogP) is 3.40. The molecule has 0 N–H and O–H groups in total. The van der Waals surface area contributed by atoms with Crippen LogP contribution in [0.15, 0.2) is 24.3 Å². The first-order valence-corrected chi connectivity index (χ1v) is 4.76. The lowest BCUT2D eigenvalue weighted by atomic mass is 9.97. The van der Waals surface area contributed by atoms with Gasteiger partial charge in [-0.2, -0.15) is 0 Å². The Balaban J connectivity index is 2.87. The number of benzene rings is 1. The molecule has 0 aliphatic carbocycles. The van der Waals surface area contributed by atoms with E-state index in [9.17, 15) is 4.79 Å². The lowest BCUT2D eigenvalue weighted by Gasteiger charge is -2.08. The predicted molar refractivity (Wildman–Crippen MR) is 55.2 cm³/mol. The molecule has 1 heteroatoms. The van der Waals surface area contributed by atoms with Gasteiger partial charge in [-0.1, -0.05) is 38.1 Å². The number of carbonyl (C=O) groups is 1. The number of rotatable bonds is 3. The van der Waals surface area contributed by atoms with Gasteiger partial charge in [0.1, 0.15) is 0 Å². The van der Waals surface area contributed by atoms with Crippen molar-refractivity contribution in [2.75, 3.05) is 0 Å². The number of ketones is 1. The summed E-state index contributed by atoms with van der Waals surface area (Å²) in [6.45, 7) is 5.96. The van der Waals surface area contributed by atoms with Crippen molar-refractivity contribution in [3.05, 3.63) is 35.4 Å². The summed E-state index contributed by atoms with van der Waals surface area (Å²) >= 11 is 0. The van der Waals surface area contributed by atoms with Gasteiger partial charge in [0.05, 0.1) is 0 Å². The minimum Gasteiger partial charge on any atom is -0.295 e. The Labute approximate surface area is 79.8 Å². The van der Waals surface area contributed by atoms with Gasteiger partial charge in [0.2, 0.25) is 0 Å². The van der Waals surface area contributed by atoms with Gasteiger partial charge in [-0.25, -0.2) is 0 Å². The van der Waals surface area contributed by atoms with Crippen LogP contribution < -0.4 is 0 Å². The number of Topliss-reactive ketones (excluding diaryl/α,β-unsaturated/α-hetero) is 1. The first-order valence-electron chi connectivity index (χ1n) is 4.76. The van der Waals surface area contributed by atoms with Crippen molar-refractivity contribution in [2.24, 2.45) is 0 Å². The molecule has 1 unspecified atom stereocenters. The second-order valence-electron chi connectivity index (χ2n) is 3.49. The summed E-state index contributed by atoms with van der Waals surface area (Å²) in [4.78, 5) is 11.0. The Bertz CT molecular complexity index is 284. The van der Waals surface area contributed by atoms with Crippen LogP contribution in [0, 0.1) is 0 Å². The molecule has 0 fully saturated rings. The monoisotopic (exact) mass is 176 g/mol. The summed E-state index contributed by atoms with van der Waals surface area (Å²) in [5.41, 5.74) is 2.11. The molecule has 13 heavy (non-hydrogen) atoms. The average molecular weight is 176 g/mol. The van der Waals surface area contributed by atoms with E-state index in [1.807, 2.05) is 24.3 Å². The van der Waals surface area contributed by atoms with Gasteiger partial charge in [0.15, 0.2) is 5.78 Å². The Morgan fingerprint density at radius 2 is 1.85 bits per heavy atom. The van der Waals surface area contributed by atoms with E-state index < -0.39 is 0 Å². The third-order valence-corrected chi connectivity index (χ3v) is 2.50. The van der Waals surface area contributed by atoms with Crippen LogP contribution in [0.1, 0.15) is 49.0 Å². The molecule has 0 saturated carbocycles. The second-order valence-corrected chi connectivity index (χ2v) is 3.49. The second kappa shape index (κ2) is 4.22. The van der Waals surface area contributed by atoms with Gasteiger partial charge in [0, 0.05) is 5.56 Å². The highest BCUT2D eigenvalue weighted by atomic mass is 16.1. The van der Waals surface area contributed by atoms with E-state index in [4.69, 9.17) is 0 Å². The van der Waals surface area contributed by atoms with E-state index in [0.717, 1.165) is 12.0 Å². The third-order valence-electron chi connectivity index (χ3n) is 2.50. The van der Waals surface area contributed by atoms with Crippen LogP contribution in [-0.4, -0.2) is 5.78 Å². The highest BCUT2D eigenvalue weighted by Gasteiger charge is 2.03. The van der Waals surface area contributed by atoms with Gasteiger partial charge in [-0.3, -0.25) is 4.79 Å².